The Labute approximate surface area is 233 Å². The van der Waals surface area contributed by atoms with Gasteiger partial charge in [-0.25, -0.2) is 14.1 Å². The molecule has 1 amide bonds. The molecule has 0 spiro atoms. The number of carbonyl (C=O) groups excluding carboxylic acids is 1. The molecule has 10 nitrogen and oxygen atoms in total. The highest BCUT2D eigenvalue weighted by atomic mass is 35.5. The van der Waals surface area contributed by atoms with Gasteiger partial charge in [0.15, 0.2) is 22.9 Å². The fraction of sp³-hybridized carbons (Fsp3) is 0.143. The van der Waals surface area contributed by atoms with E-state index in [0.717, 1.165) is 11.5 Å². The number of carbonyl (C=O) groups is 1. The number of nitrogens with one attached hydrogen (secondary N) is 1. The van der Waals surface area contributed by atoms with Crippen LogP contribution < -0.4 is 24.3 Å². The van der Waals surface area contributed by atoms with Gasteiger partial charge in [0.25, 0.3) is 5.91 Å². The molecule has 3 aromatic heterocycles. The molecule has 0 bridgehead atoms. The number of ether oxygens (including phenoxy) is 4. The maximum Gasteiger partial charge on any atom is 0.281 e. The number of pyridine rings is 2. The summed E-state index contributed by atoms with van der Waals surface area (Å²) in [7, 11) is 3.11. The Kier molecular flexibility index (Phi) is 7.65. The molecule has 1 N–H and O–H groups in total. The van der Waals surface area contributed by atoms with E-state index in [9.17, 15) is 9.18 Å². The summed E-state index contributed by atoms with van der Waals surface area (Å²) in [6.45, 7) is 2.08. The van der Waals surface area contributed by atoms with Crippen LogP contribution >= 0.6 is 11.6 Å². The number of benzene rings is 2. The van der Waals surface area contributed by atoms with Gasteiger partial charge >= 0.3 is 0 Å². The lowest BCUT2D eigenvalue weighted by Gasteiger charge is -2.12. The minimum Gasteiger partial charge on any atom is -0.493 e. The quantitative estimate of drug-likeness (QED) is 0.230. The molecular formula is C28H23ClFN5O5. The van der Waals surface area contributed by atoms with Gasteiger partial charge in [-0.2, -0.15) is 5.10 Å². The number of amides is 1. The highest BCUT2D eigenvalue weighted by Crippen LogP contribution is 2.37. The number of hydrogen-bond acceptors (Lipinski definition) is 8. The Bertz CT molecular complexity index is 1690. The summed E-state index contributed by atoms with van der Waals surface area (Å²) >= 11 is 6.17. The Morgan fingerprint density at radius 3 is 2.50 bits per heavy atom. The smallest absolute Gasteiger partial charge is 0.281 e. The molecule has 5 aromatic rings. The van der Waals surface area contributed by atoms with Crippen LogP contribution in [0.25, 0.3) is 16.6 Å². The zero-order chi connectivity index (χ0) is 28.2. The summed E-state index contributed by atoms with van der Waals surface area (Å²) in [5.41, 5.74) is 1.07. The van der Waals surface area contributed by atoms with E-state index in [1.54, 1.807) is 57.7 Å². The zero-order valence-corrected chi connectivity index (χ0v) is 22.4. The molecule has 5 rings (SSSR count). The largest absolute Gasteiger partial charge is 0.493 e. The number of rotatable bonds is 9. The molecular weight excluding hydrogens is 541 g/mol. The molecule has 0 atom stereocenters. The van der Waals surface area contributed by atoms with Gasteiger partial charge in [0.1, 0.15) is 23.1 Å². The first kappa shape index (κ1) is 26.7. The highest BCUT2D eigenvalue weighted by molar-refractivity contribution is 6.32. The highest BCUT2D eigenvalue weighted by Gasteiger charge is 2.21. The van der Waals surface area contributed by atoms with Crippen molar-refractivity contribution in [1.29, 1.82) is 0 Å². The summed E-state index contributed by atoms with van der Waals surface area (Å²) in [6.07, 6.45) is 4.61. The lowest BCUT2D eigenvalue weighted by Crippen LogP contribution is -2.15. The Balaban J connectivity index is 1.35. The van der Waals surface area contributed by atoms with Crippen LogP contribution in [0.3, 0.4) is 0 Å². The normalized spacial score (nSPS) is 10.8. The lowest BCUT2D eigenvalue weighted by molar-refractivity contribution is 0.101. The molecule has 0 unspecified atom stereocenters. The molecule has 0 fully saturated rings. The minimum absolute atomic E-state index is 0.0111. The van der Waals surface area contributed by atoms with Crippen molar-refractivity contribution >= 4 is 34.2 Å². The van der Waals surface area contributed by atoms with Crippen molar-refractivity contribution in [3.05, 3.63) is 83.7 Å². The van der Waals surface area contributed by atoms with E-state index in [1.807, 2.05) is 0 Å². The summed E-state index contributed by atoms with van der Waals surface area (Å²) in [4.78, 5) is 21.7. The lowest BCUT2D eigenvalue weighted by atomic mass is 10.2. The first-order valence-corrected chi connectivity index (χ1v) is 12.4. The number of halogens is 2. The summed E-state index contributed by atoms with van der Waals surface area (Å²) in [5, 5.41) is 7.86. The fourth-order valence-corrected chi connectivity index (χ4v) is 4.17. The maximum atomic E-state index is 13.5. The van der Waals surface area contributed by atoms with Gasteiger partial charge in [-0.1, -0.05) is 11.6 Å². The summed E-state index contributed by atoms with van der Waals surface area (Å²) in [5.74, 6) is 1.53. The van der Waals surface area contributed by atoms with Gasteiger partial charge in [0.2, 0.25) is 0 Å². The minimum atomic E-state index is -0.553. The molecule has 12 heteroatoms. The van der Waals surface area contributed by atoms with Gasteiger partial charge in [0, 0.05) is 17.6 Å². The van der Waals surface area contributed by atoms with Crippen LogP contribution in [0.1, 0.15) is 17.4 Å². The summed E-state index contributed by atoms with van der Waals surface area (Å²) in [6, 6.07) is 12.4. The predicted molar refractivity (Wildman–Crippen MR) is 147 cm³/mol. The average molecular weight is 564 g/mol. The Hall–Kier alpha value is -4.90. The zero-order valence-electron chi connectivity index (χ0n) is 21.6. The first-order chi connectivity index (χ1) is 19.4. The van der Waals surface area contributed by atoms with Crippen molar-refractivity contribution in [2.45, 2.75) is 6.92 Å². The van der Waals surface area contributed by atoms with Crippen molar-refractivity contribution in [3.63, 3.8) is 0 Å². The van der Waals surface area contributed by atoms with Crippen molar-refractivity contribution in [3.8, 4) is 34.4 Å². The van der Waals surface area contributed by atoms with Crippen LogP contribution in [0.2, 0.25) is 5.02 Å². The third-order valence-electron chi connectivity index (χ3n) is 5.76. The predicted octanol–water partition coefficient (Wildman–Crippen LogP) is 6.07. The molecule has 0 saturated carbocycles. The van der Waals surface area contributed by atoms with Crippen LogP contribution in [0.5, 0.6) is 28.7 Å². The number of fused-ring (bicyclic) bond motifs is 1. The van der Waals surface area contributed by atoms with Gasteiger partial charge in [0.05, 0.1) is 49.4 Å². The third kappa shape index (κ3) is 5.45. The standard InChI is InChI=1S/C28H23ClFN5O5/c1-4-39-25-15-35(21-7-5-16(30)11-19(21)29)34-27(25)28(36)33-26-8-6-17(14-32-26)40-22-9-10-31-20-13-24(38-3)23(37-2)12-18(20)22/h5-15H,4H2,1-3H3,(H,32,33,36). The van der Waals surface area contributed by atoms with Crippen LogP contribution in [-0.2, 0) is 0 Å². The molecule has 0 saturated heterocycles. The third-order valence-corrected chi connectivity index (χ3v) is 6.07. The molecule has 3 heterocycles. The second kappa shape index (κ2) is 11.5. The molecule has 204 valence electrons. The monoisotopic (exact) mass is 563 g/mol. The topological polar surface area (TPSA) is 110 Å². The molecule has 0 radical (unpaired) electrons. The molecule has 0 aliphatic heterocycles. The number of aromatic nitrogens is 4. The number of methoxy groups -OCH3 is 2. The van der Waals surface area contributed by atoms with E-state index in [0.29, 0.717) is 40.8 Å². The van der Waals surface area contributed by atoms with Crippen LogP contribution in [0.4, 0.5) is 10.2 Å². The van der Waals surface area contributed by atoms with Crippen LogP contribution in [0.15, 0.2) is 67.1 Å². The Morgan fingerprint density at radius 1 is 1.00 bits per heavy atom. The number of nitrogens with zero attached hydrogens (tertiary/aromatic N) is 4. The average Bonchev–Trinajstić information content (AvgIpc) is 3.37. The molecule has 40 heavy (non-hydrogen) atoms. The molecule has 2 aromatic carbocycles. The van der Waals surface area contributed by atoms with E-state index in [4.69, 9.17) is 30.5 Å². The van der Waals surface area contributed by atoms with Crippen molar-refractivity contribution < 1.29 is 28.1 Å². The second-order valence-corrected chi connectivity index (χ2v) is 8.69. The van der Waals surface area contributed by atoms with Gasteiger partial charge in [-0.05, 0) is 49.4 Å². The van der Waals surface area contributed by atoms with E-state index in [1.165, 1.54) is 29.2 Å². The van der Waals surface area contributed by atoms with E-state index < -0.39 is 11.7 Å². The van der Waals surface area contributed by atoms with Crippen LogP contribution in [-0.4, -0.2) is 46.5 Å². The van der Waals surface area contributed by atoms with Crippen molar-refractivity contribution in [2.75, 3.05) is 26.1 Å². The molecule has 0 aliphatic carbocycles. The van der Waals surface area contributed by atoms with Crippen molar-refractivity contribution in [2.24, 2.45) is 0 Å². The fourth-order valence-electron chi connectivity index (χ4n) is 3.92. The number of hydrogen-bond donors (Lipinski definition) is 1. The van der Waals surface area contributed by atoms with Gasteiger partial charge in [-0.3, -0.25) is 9.78 Å². The number of anilines is 1. The maximum absolute atomic E-state index is 13.5. The van der Waals surface area contributed by atoms with Crippen molar-refractivity contribution in [1.82, 2.24) is 19.7 Å². The summed E-state index contributed by atoms with van der Waals surface area (Å²) < 4.78 is 37.2. The van der Waals surface area contributed by atoms with E-state index >= 15 is 0 Å². The van der Waals surface area contributed by atoms with E-state index in [-0.39, 0.29) is 22.3 Å². The van der Waals surface area contributed by atoms with Gasteiger partial charge < -0.3 is 24.3 Å². The van der Waals surface area contributed by atoms with E-state index in [2.05, 4.69) is 20.4 Å². The second-order valence-electron chi connectivity index (χ2n) is 8.28. The first-order valence-electron chi connectivity index (χ1n) is 12.0. The Morgan fingerprint density at radius 2 is 1.80 bits per heavy atom. The SMILES string of the molecule is CCOc1cn(-c2ccc(F)cc2Cl)nc1C(=O)Nc1ccc(Oc2ccnc3cc(OC)c(OC)cc23)cn1. The van der Waals surface area contributed by atoms with Gasteiger partial charge in [-0.15, -0.1) is 0 Å². The molecule has 0 aliphatic rings. The van der Waals surface area contributed by atoms with Crippen LogP contribution in [0, 0.1) is 5.82 Å².